The van der Waals surface area contributed by atoms with Gasteiger partial charge in [0.1, 0.15) is 6.04 Å². The van der Waals surface area contributed by atoms with Crippen molar-refractivity contribution in [3.05, 3.63) is 20.8 Å². The maximum absolute atomic E-state index is 12.6. The molecule has 1 N–H and O–H groups in total. The summed E-state index contributed by atoms with van der Waals surface area (Å²) in [5.74, 6) is 0.153. The van der Waals surface area contributed by atoms with Crippen molar-refractivity contribution in [3.8, 4) is 0 Å². The third-order valence-electron chi connectivity index (χ3n) is 3.74. The predicted octanol–water partition coefficient (Wildman–Crippen LogP) is 2.77. The molecule has 1 saturated heterocycles. The second kappa shape index (κ2) is 6.72. The Morgan fingerprint density at radius 2 is 2.30 bits per heavy atom. The summed E-state index contributed by atoms with van der Waals surface area (Å²) in [6.07, 6.45) is 1.24. The number of hydrogen-bond donors (Lipinski definition) is 1. The van der Waals surface area contributed by atoms with Gasteiger partial charge in [0.25, 0.3) is 0 Å². The summed E-state index contributed by atoms with van der Waals surface area (Å²) in [5, 5.41) is 4.86. The second-order valence-corrected chi connectivity index (χ2v) is 6.99. The number of carbonyl (C=O) groups excluding carboxylic acids is 2. The van der Waals surface area contributed by atoms with Gasteiger partial charge < -0.3 is 10.2 Å². The lowest BCUT2D eigenvalue weighted by molar-refractivity contribution is -0.135. The molecule has 2 rings (SSSR count). The van der Waals surface area contributed by atoms with E-state index in [0.29, 0.717) is 19.5 Å². The van der Waals surface area contributed by atoms with E-state index in [1.807, 2.05) is 25.3 Å². The first kappa shape index (κ1) is 15.5. The normalized spacial score (nSPS) is 21.6. The highest BCUT2D eigenvalue weighted by Crippen LogP contribution is 2.25. The Balaban J connectivity index is 2.17. The molecule has 1 aliphatic rings. The number of halogens is 1. The number of carbonyl (C=O) groups is 2. The zero-order valence-corrected chi connectivity index (χ0v) is 14.1. The molecule has 2 atom stereocenters. The molecule has 0 saturated carbocycles. The van der Waals surface area contributed by atoms with Gasteiger partial charge in [-0.25, -0.2) is 0 Å². The quantitative estimate of drug-likeness (QED) is 0.899. The molecule has 2 heterocycles. The fraction of sp³-hybridized carbons (Fsp3) is 0.571. The van der Waals surface area contributed by atoms with Gasteiger partial charge in [-0.1, -0.05) is 20.3 Å². The molecule has 0 spiro atoms. The van der Waals surface area contributed by atoms with E-state index in [-0.39, 0.29) is 17.7 Å². The molecule has 1 fully saturated rings. The minimum Gasteiger partial charge on any atom is -0.344 e. The molecule has 4 nitrogen and oxygen atoms in total. The molecule has 6 heteroatoms. The third kappa shape index (κ3) is 3.41. The summed E-state index contributed by atoms with van der Waals surface area (Å²) in [4.78, 5) is 27.3. The molecule has 2 amide bonds. The molecule has 0 aliphatic carbocycles. The van der Waals surface area contributed by atoms with E-state index >= 15 is 0 Å². The van der Waals surface area contributed by atoms with E-state index in [9.17, 15) is 9.59 Å². The zero-order chi connectivity index (χ0) is 14.7. The van der Waals surface area contributed by atoms with E-state index < -0.39 is 6.04 Å². The van der Waals surface area contributed by atoms with E-state index in [1.54, 1.807) is 16.2 Å². The molecule has 1 aliphatic heterocycles. The van der Waals surface area contributed by atoms with Crippen LogP contribution < -0.4 is 5.32 Å². The van der Waals surface area contributed by atoms with Gasteiger partial charge >= 0.3 is 0 Å². The molecule has 1 aromatic rings. The summed E-state index contributed by atoms with van der Waals surface area (Å²) in [7, 11) is 0. The Morgan fingerprint density at radius 3 is 2.90 bits per heavy atom. The lowest BCUT2D eigenvalue weighted by atomic mass is 9.98. The van der Waals surface area contributed by atoms with Gasteiger partial charge in [-0.3, -0.25) is 9.59 Å². The van der Waals surface area contributed by atoms with Crippen LogP contribution in [0.3, 0.4) is 0 Å². The van der Waals surface area contributed by atoms with Crippen LogP contribution >= 0.6 is 27.3 Å². The Hall–Kier alpha value is -0.880. The smallest absolute Gasteiger partial charge is 0.245 e. The van der Waals surface area contributed by atoms with Crippen LogP contribution in [0.5, 0.6) is 0 Å². The van der Waals surface area contributed by atoms with Crippen molar-refractivity contribution in [2.45, 2.75) is 39.3 Å². The van der Waals surface area contributed by atoms with Gasteiger partial charge in [-0.15, -0.1) is 11.3 Å². The van der Waals surface area contributed by atoms with Crippen LogP contribution in [-0.4, -0.2) is 29.3 Å². The van der Waals surface area contributed by atoms with Crippen molar-refractivity contribution in [2.24, 2.45) is 5.92 Å². The fourth-order valence-electron chi connectivity index (χ4n) is 2.24. The van der Waals surface area contributed by atoms with Crippen molar-refractivity contribution in [1.29, 1.82) is 0 Å². The first-order chi connectivity index (χ1) is 9.52. The summed E-state index contributed by atoms with van der Waals surface area (Å²) in [5.41, 5.74) is 0. The van der Waals surface area contributed by atoms with E-state index in [2.05, 4.69) is 21.2 Å². The molecule has 1 aromatic heterocycles. The van der Waals surface area contributed by atoms with Crippen molar-refractivity contribution < 1.29 is 9.59 Å². The van der Waals surface area contributed by atoms with Crippen LogP contribution in [0.4, 0.5) is 0 Å². The van der Waals surface area contributed by atoms with Crippen molar-refractivity contribution >= 4 is 39.1 Å². The Morgan fingerprint density at radius 1 is 1.55 bits per heavy atom. The van der Waals surface area contributed by atoms with E-state index in [1.165, 1.54) is 0 Å². The van der Waals surface area contributed by atoms with Crippen LogP contribution in [-0.2, 0) is 16.1 Å². The average Bonchev–Trinajstić information content (AvgIpc) is 2.78. The largest absolute Gasteiger partial charge is 0.344 e. The average molecular weight is 359 g/mol. The van der Waals surface area contributed by atoms with Crippen LogP contribution in [0.1, 0.15) is 31.6 Å². The monoisotopic (exact) mass is 358 g/mol. The minimum absolute atomic E-state index is 0.0311. The van der Waals surface area contributed by atoms with Crippen molar-refractivity contribution in [1.82, 2.24) is 10.2 Å². The van der Waals surface area contributed by atoms with Crippen LogP contribution in [0.2, 0.25) is 0 Å². The summed E-state index contributed by atoms with van der Waals surface area (Å²) >= 11 is 5.11. The zero-order valence-electron chi connectivity index (χ0n) is 11.7. The Labute approximate surface area is 131 Å². The second-order valence-electron chi connectivity index (χ2n) is 5.13. The van der Waals surface area contributed by atoms with Gasteiger partial charge in [0.05, 0.1) is 6.54 Å². The maximum Gasteiger partial charge on any atom is 0.245 e. The summed E-state index contributed by atoms with van der Waals surface area (Å²) in [6, 6.07) is 1.59. The van der Waals surface area contributed by atoms with E-state index in [4.69, 9.17) is 0 Å². The standard InChI is InChI=1S/C14H19BrN2O2S/c1-3-9(2)13-14(19)17(6-4-12(18)16-13)8-11-10(15)5-7-20-11/h5,7,9,13H,3-4,6,8H2,1-2H3,(H,16,18). The third-order valence-corrected chi connectivity index (χ3v) is 5.65. The molecular weight excluding hydrogens is 340 g/mol. The molecule has 2 unspecified atom stereocenters. The fourth-order valence-corrected chi connectivity index (χ4v) is 3.73. The first-order valence-electron chi connectivity index (χ1n) is 6.83. The van der Waals surface area contributed by atoms with Gasteiger partial charge in [-0.2, -0.15) is 0 Å². The van der Waals surface area contributed by atoms with Crippen LogP contribution in [0, 0.1) is 5.92 Å². The van der Waals surface area contributed by atoms with Gasteiger partial charge in [-0.05, 0) is 33.3 Å². The van der Waals surface area contributed by atoms with Gasteiger partial charge in [0, 0.05) is 22.3 Å². The number of hydrogen-bond acceptors (Lipinski definition) is 3. The molecular formula is C14H19BrN2O2S. The van der Waals surface area contributed by atoms with Crippen LogP contribution in [0.25, 0.3) is 0 Å². The number of nitrogens with one attached hydrogen (secondary N) is 1. The number of rotatable bonds is 4. The SMILES string of the molecule is CCC(C)C1NC(=O)CCN(Cc2sccc2Br)C1=O. The molecule has 0 aromatic carbocycles. The molecule has 0 bridgehead atoms. The van der Waals surface area contributed by atoms with E-state index in [0.717, 1.165) is 15.8 Å². The number of thiophene rings is 1. The Bertz CT molecular complexity index is 503. The van der Waals surface area contributed by atoms with Crippen LogP contribution in [0.15, 0.2) is 15.9 Å². The van der Waals surface area contributed by atoms with Crippen molar-refractivity contribution in [2.75, 3.05) is 6.54 Å². The lowest BCUT2D eigenvalue weighted by Gasteiger charge is -2.27. The lowest BCUT2D eigenvalue weighted by Crippen LogP contribution is -2.48. The first-order valence-corrected chi connectivity index (χ1v) is 8.50. The van der Waals surface area contributed by atoms with Crippen molar-refractivity contribution in [3.63, 3.8) is 0 Å². The highest BCUT2D eigenvalue weighted by atomic mass is 79.9. The summed E-state index contributed by atoms with van der Waals surface area (Å²) < 4.78 is 1.03. The highest BCUT2D eigenvalue weighted by molar-refractivity contribution is 9.10. The number of amides is 2. The maximum atomic E-state index is 12.6. The molecule has 110 valence electrons. The van der Waals surface area contributed by atoms with Gasteiger partial charge in [0.2, 0.25) is 11.8 Å². The molecule has 20 heavy (non-hydrogen) atoms. The minimum atomic E-state index is -0.395. The van der Waals surface area contributed by atoms with Gasteiger partial charge in [0.15, 0.2) is 0 Å². The predicted molar refractivity (Wildman–Crippen MR) is 83.4 cm³/mol. The topological polar surface area (TPSA) is 49.4 Å². The molecule has 0 radical (unpaired) electrons. The summed E-state index contributed by atoms with van der Waals surface area (Å²) in [6.45, 7) is 5.10. The Kier molecular flexibility index (Phi) is 5.21. The highest BCUT2D eigenvalue weighted by Gasteiger charge is 2.33. The number of nitrogens with zero attached hydrogens (tertiary/aromatic N) is 1.